The van der Waals surface area contributed by atoms with Gasteiger partial charge >= 0.3 is 0 Å². The van der Waals surface area contributed by atoms with Gasteiger partial charge in [-0.1, -0.05) is 36.0 Å². The molecule has 0 N–H and O–H groups in total. The first-order valence-electron chi connectivity index (χ1n) is 8.55. The standard InChI is InChI=1S/C19H22Cl2N2O2/c1-22-10-5-7-17(22)18-6-3-2-4-11-23(18)19(24)13-25-14-8-9-15(20)16(21)12-14/h5,7-10,12,18H,2-4,6,11,13H2,1H3/t18-/m1/s1. The molecule has 25 heavy (non-hydrogen) atoms. The summed E-state index contributed by atoms with van der Waals surface area (Å²) >= 11 is 11.9. The smallest absolute Gasteiger partial charge is 0.261 e. The van der Waals surface area contributed by atoms with Crippen LogP contribution in [-0.2, 0) is 11.8 Å². The molecule has 0 unspecified atom stereocenters. The van der Waals surface area contributed by atoms with Crippen LogP contribution in [0.25, 0.3) is 0 Å². The molecule has 1 aliphatic heterocycles. The Morgan fingerprint density at radius 3 is 2.76 bits per heavy atom. The number of aromatic nitrogens is 1. The van der Waals surface area contributed by atoms with Gasteiger partial charge in [0, 0.05) is 31.5 Å². The molecular weight excluding hydrogens is 359 g/mol. The predicted octanol–water partition coefficient (Wildman–Crippen LogP) is 4.85. The number of aryl methyl sites for hydroxylation is 1. The molecule has 1 aromatic carbocycles. The molecule has 6 heteroatoms. The zero-order valence-electron chi connectivity index (χ0n) is 14.3. The van der Waals surface area contributed by atoms with E-state index in [0.717, 1.165) is 32.2 Å². The molecule has 1 fully saturated rings. The van der Waals surface area contributed by atoms with Gasteiger partial charge in [0.2, 0.25) is 0 Å². The second-order valence-corrected chi connectivity index (χ2v) is 7.18. The second-order valence-electron chi connectivity index (χ2n) is 6.36. The van der Waals surface area contributed by atoms with E-state index >= 15 is 0 Å². The van der Waals surface area contributed by atoms with E-state index < -0.39 is 0 Å². The van der Waals surface area contributed by atoms with Gasteiger partial charge in [-0.25, -0.2) is 0 Å². The van der Waals surface area contributed by atoms with Crippen LogP contribution in [0.1, 0.15) is 37.4 Å². The van der Waals surface area contributed by atoms with E-state index in [1.165, 1.54) is 5.69 Å². The summed E-state index contributed by atoms with van der Waals surface area (Å²) in [6, 6.07) is 9.24. The summed E-state index contributed by atoms with van der Waals surface area (Å²) in [7, 11) is 2.02. The van der Waals surface area contributed by atoms with Crippen LogP contribution in [0.15, 0.2) is 36.5 Å². The Kier molecular flexibility index (Phi) is 5.92. The van der Waals surface area contributed by atoms with Crippen LogP contribution < -0.4 is 4.74 Å². The minimum atomic E-state index is -0.00111. The van der Waals surface area contributed by atoms with Gasteiger partial charge in [0.25, 0.3) is 5.91 Å². The quantitative estimate of drug-likeness (QED) is 0.759. The van der Waals surface area contributed by atoms with Crippen molar-refractivity contribution >= 4 is 29.1 Å². The van der Waals surface area contributed by atoms with Crippen LogP contribution in [-0.4, -0.2) is 28.5 Å². The van der Waals surface area contributed by atoms with Gasteiger partial charge in [-0.3, -0.25) is 4.79 Å². The lowest BCUT2D eigenvalue weighted by Gasteiger charge is -2.30. The van der Waals surface area contributed by atoms with Crippen molar-refractivity contribution in [2.24, 2.45) is 7.05 Å². The number of hydrogen-bond donors (Lipinski definition) is 0. The molecule has 2 heterocycles. The predicted molar refractivity (Wildman–Crippen MR) is 100 cm³/mol. The molecule has 0 radical (unpaired) electrons. The third kappa shape index (κ3) is 4.31. The van der Waals surface area contributed by atoms with Crippen LogP contribution in [0.3, 0.4) is 0 Å². The average molecular weight is 381 g/mol. The first-order chi connectivity index (χ1) is 12.1. The van der Waals surface area contributed by atoms with Crippen LogP contribution in [0.2, 0.25) is 10.0 Å². The Hall–Kier alpha value is -1.65. The Morgan fingerprint density at radius 1 is 1.20 bits per heavy atom. The van der Waals surface area contributed by atoms with Crippen LogP contribution in [0.5, 0.6) is 5.75 Å². The number of benzene rings is 1. The highest BCUT2D eigenvalue weighted by atomic mass is 35.5. The maximum absolute atomic E-state index is 12.8. The zero-order chi connectivity index (χ0) is 17.8. The summed E-state index contributed by atoms with van der Waals surface area (Å²) in [5.74, 6) is 0.548. The molecule has 0 spiro atoms. The molecule has 4 nitrogen and oxygen atoms in total. The maximum Gasteiger partial charge on any atom is 0.261 e. The van der Waals surface area contributed by atoms with Crippen molar-refractivity contribution in [1.29, 1.82) is 0 Å². The highest BCUT2D eigenvalue weighted by Gasteiger charge is 2.28. The van der Waals surface area contributed by atoms with E-state index in [9.17, 15) is 4.79 Å². The Bertz CT molecular complexity index is 745. The lowest BCUT2D eigenvalue weighted by atomic mass is 10.1. The van der Waals surface area contributed by atoms with Crippen molar-refractivity contribution in [3.8, 4) is 5.75 Å². The molecular formula is C19H22Cl2N2O2. The van der Waals surface area contributed by atoms with Crippen molar-refractivity contribution in [1.82, 2.24) is 9.47 Å². The molecule has 1 aliphatic rings. The van der Waals surface area contributed by atoms with Gasteiger partial charge in [-0.05, 0) is 37.1 Å². The Labute approximate surface area is 158 Å². The number of ether oxygens (including phenoxy) is 1. The monoisotopic (exact) mass is 380 g/mol. The molecule has 3 rings (SSSR count). The van der Waals surface area contributed by atoms with Crippen LogP contribution in [0.4, 0.5) is 0 Å². The maximum atomic E-state index is 12.8. The second kappa shape index (κ2) is 8.15. The minimum absolute atomic E-state index is 0.000766. The van der Waals surface area contributed by atoms with Crippen LogP contribution in [0, 0.1) is 0 Å². The molecule has 1 atom stereocenters. The number of carbonyl (C=O) groups excluding carboxylic acids is 1. The van der Waals surface area contributed by atoms with E-state index in [4.69, 9.17) is 27.9 Å². The number of halogens is 2. The highest BCUT2D eigenvalue weighted by Crippen LogP contribution is 2.31. The van der Waals surface area contributed by atoms with Crippen molar-refractivity contribution in [3.05, 3.63) is 52.3 Å². The number of rotatable bonds is 4. The van der Waals surface area contributed by atoms with E-state index in [-0.39, 0.29) is 18.6 Å². The summed E-state index contributed by atoms with van der Waals surface area (Å²) in [5.41, 5.74) is 1.17. The summed E-state index contributed by atoms with van der Waals surface area (Å²) in [5, 5.41) is 0.889. The van der Waals surface area contributed by atoms with Crippen molar-refractivity contribution in [3.63, 3.8) is 0 Å². The summed E-state index contributed by atoms with van der Waals surface area (Å²) in [6.07, 6.45) is 6.32. The lowest BCUT2D eigenvalue weighted by Crippen LogP contribution is -2.38. The Morgan fingerprint density at radius 2 is 2.04 bits per heavy atom. The topological polar surface area (TPSA) is 34.5 Å². The minimum Gasteiger partial charge on any atom is -0.484 e. The lowest BCUT2D eigenvalue weighted by molar-refractivity contribution is -0.136. The SMILES string of the molecule is Cn1cccc1[C@H]1CCCCCN1C(=O)COc1ccc(Cl)c(Cl)c1. The number of amides is 1. The normalized spacial score (nSPS) is 18.0. The molecule has 0 saturated carbocycles. The van der Waals surface area contributed by atoms with Gasteiger partial charge in [-0.15, -0.1) is 0 Å². The fourth-order valence-corrected chi connectivity index (χ4v) is 3.62. The van der Waals surface area contributed by atoms with Gasteiger partial charge in [0.15, 0.2) is 6.61 Å². The molecule has 1 amide bonds. The van der Waals surface area contributed by atoms with E-state index in [0.29, 0.717) is 15.8 Å². The number of carbonyl (C=O) groups is 1. The first-order valence-corrected chi connectivity index (χ1v) is 9.30. The number of hydrogen-bond acceptors (Lipinski definition) is 2. The van der Waals surface area contributed by atoms with E-state index in [1.807, 2.05) is 24.2 Å². The molecule has 0 aliphatic carbocycles. The van der Waals surface area contributed by atoms with Gasteiger partial charge in [0.1, 0.15) is 5.75 Å². The first kappa shape index (κ1) is 18.2. The van der Waals surface area contributed by atoms with Crippen LogP contribution >= 0.6 is 23.2 Å². The molecule has 1 aromatic heterocycles. The third-order valence-electron chi connectivity index (χ3n) is 4.65. The largest absolute Gasteiger partial charge is 0.484 e. The average Bonchev–Trinajstić information content (AvgIpc) is 2.88. The van der Waals surface area contributed by atoms with Crippen molar-refractivity contribution in [2.45, 2.75) is 31.7 Å². The number of nitrogens with zero attached hydrogens (tertiary/aromatic N) is 2. The van der Waals surface area contributed by atoms with Crippen molar-refractivity contribution < 1.29 is 9.53 Å². The number of likely N-dealkylation sites (tertiary alicyclic amines) is 1. The summed E-state index contributed by atoms with van der Waals surface area (Å²) < 4.78 is 7.75. The van der Waals surface area contributed by atoms with Gasteiger partial charge in [0.05, 0.1) is 16.1 Å². The van der Waals surface area contributed by atoms with E-state index in [2.05, 4.69) is 10.6 Å². The molecule has 2 aromatic rings. The third-order valence-corrected chi connectivity index (χ3v) is 5.39. The molecule has 0 bridgehead atoms. The van der Waals surface area contributed by atoms with Gasteiger partial charge in [-0.2, -0.15) is 0 Å². The summed E-state index contributed by atoms with van der Waals surface area (Å²) in [6.45, 7) is 0.762. The van der Waals surface area contributed by atoms with E-state index in [1.54, 1.807) is 18.2 Å². The fraction of sp³-hybridized carbons (Fsp3) is 0.421. The summed E-state index contributed by atoms with van der Waals surface area (Å²) in [4.78, 5) is 14.8. The molecule has 1 saturated heterocycles. The van der Waals surface area contributed by atoms with Gasteiger partial charge < -0.3 is 14.2 Å². The zero-order valence-corrected chi connectivity index (χ0v) is 15.8. The highest BCUT2D eigenvalue weighted by molar-refractivity contribution is 6.42. The Balaban J connectivity index is 1.71. The van der Waals surface area contributed by atoms with Crippen molar-refractivity contribution in [2.75, 3.05) is 13.2 Å². The fourth-order valence-electron chi connectivity index (χ4n) is 3.33. The molecule has 134 valence electrons.